The molecule has 0 spiro atoms. The molecule has 3 heterocycles. The van der Waals surface area contributed by atoms with Crippen LogP contribution in [0, 0.1) is 5.82 Å². The second kappa shape index (κ2) is 10.2. The summed E-state index contributed by atoms with van der Waals surface area (Å²) in [6.45, 7) is -0.0921. The van der Waals surface area contributed by atoms with Crippen molar-refractivity contribution in [1.82, 2.24) is 29.6 Å². The predicted molar refractivity (Wildman–Crippen MR) is 141 cm³/mol. The van der Waals surface area contributed by atoms with Crippen molar-refractivity contribution in [2.45, 2.75) is 49.9 Å². The number of carbonyl (C=O) groups excluding carboxylic acids is 3. The van der Waals surface area contributed by atoms with E-state index in [-0.39, 0.29) is 29.5 Å². The van der Waals surface area contributed by atoms with Crippen LogP contribution in [0.25, 0.3) is 0 Å². The molecule has 3 aliphatic rings. The Kier molecular flexibility index (Phi) is 7.48. The Morgan fingerprint density at radius 2 is 1.74 bits per heavy atom. The number of nitrogens with one attached hydrogen (secondary N) is 1. The number of likely N-dealkylation sites (N-methyl/N-ethyl adjacent to an activating group) is 3. The predicted octanol–water partition coefficient (Wildman–Crippen LogP) is 1.30. The molecule has 13 heteroatoms. The molecule has 2 aromatic rings. The monoisotopic (exact) mass is 562 g/mol. The third-order valence-electron chi connectivity index (χ3n) is 8.19. The molecule has 5 rings (SSSR count). The number of hydrogen-bond acceptors (Lipinski definition) is 7. The van der Waals surface area contributed by atoms with Gasteiger partial charge in [0.05, 0.1) is 5.02 Å². The van der Waals surface area contributed by atoms with Gasteiger partial charge in [0.15, 0.2) is 5.69 Å². The van der Waals surface area contributed by atoms with Crippen LogP contribution < -0.4 is 10.9 Å². The van der Waals surface area contributed by atoms with Crippen LogP contribution in [0.3, 0.4) is 0 Å². The average molecular weight is 563 g/mol. The van der Waals surface area contributed by atoms with Crippen LogP contribution in [-0.2, 0) is 28.2 Å². The maximum Gasteiger partial charge on any atom is 0.312 e. The van der Waals surface area contributed by atoms with Gasteiger partial charge in [0, 0.05) is 45.3 Å². The zero-order valence-corrected chi connectivity index (χ0v) is 23.3. The second-order valence-corrected chi connectivity index (χ2v) is 11.0. The van der Waals surface area contributed by atoms with Gasteiger partial charge in [0.1, 0.15) is 17.2 Å². The third-order valence-corrected chi connectivity index (χ3v) is 8.48. The lowest BCUT2D eigenvalue weighted by Gasteiger charge is -2.48. The number of benzene rings is 1. The molecule has 1 aromatic carbocycles. The first kappa shape index (κ1) is 28.5. The quantitative estimate of drug-likeness (QED) is 0.526. The minimum atomic E-state index is -1.18. The van der Waals surface area contributed by atoms with E-state index < -0.39 is 51.6 Å². The minimum absolute atomic E-state index is 0.109. The first-order chi connectivity index (χ1) is 18.3. The van der Waals surface area contributed by atoms with Gasteiger partial charge in [0.25, 0.3) is 11.5 Å². The molecular formula is C26H32ClFN6O5. The first-order valence-electron chi connectivity index (χ1n) is 12.5. The number of carbonyl (C=O) groups is 3. The number of nitrogens with zero attached hydrogens (tertiary/aromatic N) is 5. The number of aromatic hydroxyl groups is 1. The van der Waals surface area contributed by atoms with E-state index in [1.165, 1.54) is 53.7 Å². The van der Waals surface area contributed by atoms with Gasteiger partial charge in [-0.05, 0) is 45.8 Å². The standard InChI is InChI=1S/C26H32ClFN6O5/c1-31(2)22(38)23(39)33(5)26-11-9-25(10-12-26,32(3)4)14-34-21(37)19(35)18(30-24(26)34)20(36)29-13-15-7-6-8-16(27)17(15)28/h6-8,35H,9-14H2,1-5H3,(H,29,36). The summed E-state index contributed by atoms with van der Waals surface area (Å²) in [6, 6.07) is 4.34. The molecule has 210 valence electrons. The molecule has 0 saturated heterocycles. The Morgan fingerprint density at radius 3 is 2.33 bits per heavy atom. The van der Waals surface area contributed by atoms with Gasteiger partial charge in [-0.25, -0.2) is 9.37 Å². The van der Waals surface area contributed by atoms with Crippen LogP contribution in [0.5, 0.6) is 5.75 Å². The van der Waals surface area contributed by atoms with Gasteiger partial charge in [-0.15, -0.1) is 0 Å². The normalized spacial score (nSPS) is 21.7. The van der Waals surface area contributed by atoms with Crippen molar-refractivity contribution in [2.75, 3.05) is 35.2 Å². The van der Waals surface area contributed by atoms with Gasteiger partial charge < -0.3 is 25.1 Å². The van der Waals surface area contributed by atoms with Crippen LogP contribution in [0.2, 0.25) is 5.02 Å². The lowest BCUT2D eigenvalue weighted by molar-refractivity contribution is -0.155. The van der Waals surface area contributed by atoms with Crippen molar-refractivity contribution in [2.24, 2.45) is 0 Å². The molecule has 1 fully saturated rings. The molecule has 2 bridgehead atoms. The number of rotatable bonds is 5. The Morgan fingerprint density at radius 1 is 1.10 bits per heavy atom. The van der Waals surface area contributed by atoms with Crippen molar-refractivity contribution in [3.05, 3.63) is 56.5 Å². The highest BCUT2D eigenvalue weighted by Gasteiger charge is 2.55. The molecule has 2 aliphatic heterocycles. The zero-order chi connectivity index (χ0) is 28.9. The summed E-state index contributed by atoms with van der Waals surface area (Å²) in [5.41, 5.74) is -2.91. The summed E-state index contributed by atoms with van der Waals surface area (Å²) in [7, 11) is 8.23. The van der Waals surface area contributed by atoms with Gasteiger partial charge in [-0.1, -0.05) is 23.7 Å². The van der Waals surface area contributed by atoms with E-state index in [1.54, 1.807) is 0 Å². The Bertz CT molecular complexity index is 1400. The topological polar surface area (TPSA) is 128 Å². The molecule has 0 unspecified atom stereocenters. The largest absolute Gasteiger partial charge is 0.501 e. The van der Waals surface area contributed by atoms with Gasteiger partial charge >= 0.3 is 11.8 Å². The van der Waals surface area contributed by atoms with Crippen LogP contribution in [0.1, 0.15) is 47.6 Å². The molecule has 2 N–H and O–H groups in total. The first-order valence-corrected chi connectivity index (χ1v) is 12.9. The number of hydrogen-bond donors (Lipinski definition) is 2. The van der Waals surface area contributed by atoms with Gasteiger partial charge in [-0.3, -0.25) is 23.7 Å². The number of halogens is 2. The molecule has 0 radical (unpaired) electrons. The summed E-state index contributed by atoms with van der Waals surface area (Å²) in [5.74, 6) is -3.86. The smallest absolute Gasteiger partial charge is 0.312 e. The average Bonchev–Trinajstić information content (AvgIpc) is 3.15. The summed E-state index contributed by atoms with van der Waals surface area (Å²) < 4.78 is 15.6. The van der Waals surface area contributed by atoms with Gasteiger partial charge in [0.2, 0.25) is 5.75 Å². The van der Waals surface area contributed by atoms with E-state index in [0.29, 0.717) is 25.7 Å². The lowest BCUT2D eigenvalue weighted by Crippen LogP contribution is -2.56. The highest BCUT2D eigenvalue weighted by Crippen LogP contribution is 2.49. The fraction of sp³-hybridized carbons (Fsp3) is 0.500. The van der Waals surface area contributed by atoms with Crippen LogP contribution in [0.15, 0.2) is 23.0 Å². The van der Waals surface area contributed by atoms with Crippen molar-refractivity contribution in [3.63, 3.8) is 0 Å². The Hall–Kier alpha value is -3.51. The summed E-state index contributed by atoms with van der Waals surface area (Å²) in [6.07, 6.45) is 1.90. The fourth-order valence-corrected chi connectivity index (χ4v) is 5.75. The van der Waals surface area contributed by atoms with Crippen molar-refractivity contribution in [1.29, 1.82) is 0 Å². The number of aromatic nitrogens is 2. The molecule has 1 aliphatic carbocycles. The minimum Gasteiger partial charge on any atom is -0.501 e. The maximum atomic E-state index is 14.3. The SMILES string of the molecule is CN(C)C(=O)C(=O)N(C)C12CCC(N(C)C)(CC1)Cn1c2nc(C(=O)NCc2cccc(Cl)c2F)c(O)c1=O. The van der Waals surface area contributed by atoms with E-state index >= 15 is 0 Å². The van der Waals surface area contributed by atoms with E-state index in [1.807, 2.05) is 19.0 Å². The number of fused-ring (bicyclic) bond motifs is 2. The summed E-state index contributed by atoms with van der Waals surface area (Å²) in [5, 5.41) is 13.2. The molecule has 11 nitrogen and oxygen atoms in total. The third kappa shape index (κ3) is 4.65. The summed E-state index contributed by atoms with van der Waals surface area (Å²) in [4.78, 5) is 61.5. The highest BCUT2D eigenvalue weighted by atomic mass is 35.5. The van der Waals surface area contributed by atoms with E-state index in [0.717, 1.165) is 0 Å². The molecular weight excluding hydrogens is 531 g/mol. The van der Waals surface area contributed by atoms with E-state index in [4.69, 9.17) is 11.6 Å². The molecule has 0 atom stereocenters. The van der Waals surface area contributed by atoms with Crippen LogP contribution >= 0.6 is 11.6 Å². The van der Waals surface area contributed by atoms with Gasteiger partial charge in [-0.2, -0.15) is 0 Å². The summed E-state index contributed by atoms with van der Waals surface area (Å²) >= 11 is 5.82. The lowest BCUT2D eigenvalue weighted by atomic mass is 9.72. The molecule has 1 aromatic heterocycles. The second-order valence-electron chi connectivity index (χ2n) is 10.6. The molecule has 3 amide bonds. The zero-order valence-electron chi connectivity index (χ0n) is 22.5. The van der Waals surface area contributed by atoms with Crippen molar-refractivity contribution >= 4 is 29.3 Å². The van der Waals surface area contributed by atoms with E-state index in [9.17, 15) is 28.7 Å². The molecule has 39 heavy (non-hydrogen) atoms. The van der Waals surface area contributed by atoms with Crippen LogP contribution in [0.4, 0.5) is 4.39 Å². The van der Waals surface area contributed by atoms with E-state index in [2.05, 4.69) is 10.3 Å². The van der Waals surface area contributed by atoms with Crippen molar-refractivity contribution < 1.29 is 23.9 Å². The maximum absolute atomic E-state index is 14.3. The fourth-order valence-electron chi connectivity index (χ4n) is 5.56. The highest BCUT2D eigenvalue weighted by molar-refractivity contribution is 6.34. The van der Waals surface area contributed by atoms with Crippen molar-refractivity contribution in [3.8, 4) is 5.75 Å². The Balaban J connectivity index is 1.82. The Labute approximate surface area is 230 Å². The van der Waals surface area contributed by atoms with Crippen LogP contribution in [-0.4, -0.2) is 87.9 Å². The molecule has 1 saturated carbocycles. The number of amides is 3.